The minimum Gasteiger partial charge on any atom is -0.322 e. The van der Waals surface area contributed by atoms with Gasteiger partial charge in [0.05, 0.1) is 4.90 Å². The Hall–Kier alpha value is -1.70. The molecule has 0 aliphatic rings. The van der Waals surface area contributed by atoms with E-state index >= 15 is 0 Å². The van der Waals surface area contributed by atoms with Crippen LogP contribution < -0.4 is 10.0 Å². The number of anilines is 1. The summed E-state index contributed by atoms with van der Waals surface area (Å²) < 4.78 is 27.9. The van der Waals surface area contributed by atoms with Crippen molar-refractivity contribution >= 4 is 37.5 Å². The minimum atomic E-state index is -3.59. The molecule has 0 aromatic heterocycles. The molecule has 0 heterocycles. The van der Waals surface area contributed by atoms with Crippen LogP contribution >= 0.6 is 15.9 Å². The highest BCUT2D eigenvalue weighted by Gasteiger charge is 2.21. The van der Waals surface area contributed by atoms with Gasteiger partial charge >= 0.3 is 0 Å². The summed E-state index contributed by atoms with van der Waals surface area (Å²) in [6.07, 6.45) is 0. The third-order valence-electron chi connectivity index (χ3n) is 2.97. The van der Waals surface area contributed by atoms with Crippen LogP contribution in [0.4, 0.5) is 5.69 Å². The van der Waals surface area contributed by atoms with Gasteiger partial charge < -0.3 is 5.32 Å². The van der Waals surface area contributed by atoms with Gasteiger partial charge in [0.2, 0.25) is 10.0 Å². The van der Waals surface area contributed by atoms with E-state index in [1.165, 1.54) is 12.1 Å². The molecule has 2 aromatic carbocycles. The lowest BCUT2D eigenvalue weighted by Gasteiger charge is -2.20. The Balaban J connectivity index is 2.12. The third kappa shape index (κ3) is 5.15. The van der Waals surface area contributed by atoms with E-state index in [4.69, 9.17) is 0 Å². The molecule has 5 nitrogen and oxygen atoms in total. The number of hydrogen-bond acceptors (Lipinski definition) is 3. The molecule has 0 aliphatic carbocycles. The first-order valence-electron chi connectivity index (χ1n) is 7.28. The predicted octanol–water partition coefficient (Wildman–Crippen LogP) is 3.78. The molecule has 0 saturated carbocycles. The molecule has 0 bridgehead atoms. The molecule has 0 aliphatic heterocycles. The van der Waals surface area contributed by atoms with Crippen LogP contribution in [0, 0.1) is 0 Å². The summed E-state index contributed by atoms with van der Waals surface area (Å²) in [5.41, 5.74) is 0.481. The van der Waals surface area contributed by atoms with Crippen LogP contribution in [0.1, 0.15) is 31.1 Å². The van der Waals surface area contributed by atoms with Gasteiger partial charge in [0.25, 0.3) is 5.91 Å². The van der Waals surface area contributed by atoms with Gasteiger partial charge in [-0.2, -0.15) is 0 Å². The fourth-order valence-electron chi connectivity index (χ4n) is 1.98. The second-order valence-corrected chi connectivity index (χ2v) is 8.94. The van der Waals surface area contributed by atoms with Crippen molar-refractivity contribution in [1.29, 1.82) is 0 Å². The smallest absolute Gasteiger partial charge is 0.255 e. The van der Waals surface area contributed by atoms with Crippen molar-refractivity contribution in [2.75, 3.05) is 5.32 Å². The summed E-state index contributed by atoms with van der Waals surface area (Å²) in [5, 5.41) is 2.74. The summed E-state index contributed by atoms with van der Waals surface area (Å²) in [6.45, 7) is 5.33. The zero-order valence-corrected chi connectivity index (χ0v) is 16.0. The first-order chi connectivity index (χ1) is 11.1. The van der Waals surface area contributed by atoms with Gasteiger partial charge in [-0.05, 0) is 69.3 Å². The van der Waals surface area contributed by atoms with E-state index < -0.39 is 15.6 Å². The van der Waals surface area contributed by atoms with Crippen LogP contribution in [0.3, 0.4) is 0 Å². The summed E-state index contributed by atoms with van der Waals surface area (Å²) in [4.78, 5) is 12.3. The van der Waals surface area contributed by atoms with Crippen molar-refractivity contribution in [1.82, 2.24) is 4.72 Å². The first kappa shape index (κ1) is 18.6. The van der Waals surface area contributed by atoms with Crippen LogP contribution in [0.15, 0.2) is 57.9 Å². The molecule has 2 rings (SSSR count). The van der Waals surface area contributed by atoms with E-state index in [1.807, 2.05) is 0 Å². The van der Waals surface area contributed by atoms with Crippen molar-refractivity contribution in [2.24, 2.45) is 0 Å². The summed E-state index contributed by atoms with van der Waals surface area (Å²) in [6, 6.07) is 13.0. The Kier molecular flexibility index (Phi) is 5.47. The number of carbonyl (C=O) groups is 1. The van der Waals surface area contributed by atoms with E-state index in [1.54, 1.807) is 57.2 Å². The predicted molar refractivity (Wildman–Crippen MR) is 98.6 cm³/mol. The van der Waals surface area contributed by atoms with Crippen LogP contribution in [0.2, 0.25) is 0 Å². The van der Waals surface area contributed by atoms with Crippen LogP contribution in [0.5, 0.6) is 0 Å². The van der Waals surface area contributed by atoms with Gasteiger partial charge in [-0.1, -0.05) is 15.9 Å². The Morgan fingerprint density at radius 2 is 1.50 bits per heavy atom. The Bertz CT molecular complexity index is 824. The number of benzene rings is 2. The zero-order chi connectivity index (χ0) is 18.0. The summed E-state index contributed by atoms with van der Waals surface area (Å²) in [7, 11) is -3.59. The lowest BCUT2D eigenvalue weighted by atomic mass is 10.1. The molecule has 0 spiro atoms. The molecule has 2 N–H and O–H groups in total. The van der Waals surface area contributed by atoms with Gasteiger partial charge in [0.1, 0.15) is 0 Å². The number of halogens is 1. The second kappa shape index (κ2) is 7.04. The molecule has 0 saturated heterocycles. The SMILES string of the molecule is CC(C)(C)NS(=O)(=O)c1ccc(NC(=O)c2ccc(Br)cc2)cc1. The third-order valence-corrected chi connectivity index (χ3v) is 5.27. The van der Waals surface area contributed by atoms with Gasteiger partial charge in [0, 0.05) is 21.3 Å². The first-order valence-corrected chi connectivity index (χ1v) is 9.55. The van der Waals surface area contributed by atoms with Crippen molar-refractivity contribution in [3.05, 3.63) is 58.6 Å². The molecule has 2 aromatic rings. The van der Waals surface area contributed by atoms with Gasteiger partial charge in [0.15, 0.2) is 0 Å². The number of amides is 1. The van der Waals surface area contributed by atoms with Crippen molar-refractivity contribution in [3.63, 3.8) is 0 Å². The fraction of sp³-hybridized carbons (Fsp3) is 0.235. The average Bonchev–Trinajstić information content (AvgIpc) is 2.46. The lowest BCUT2D eigenvalue weighted by Crippen LogP contribution is -2.40. The second-order valence-electron chi connectivity index (χ2n) is 6.34. The maximum Gasteiger partial charge on any atom is 0.255 e. The van der Waals surface area contributed by atoms with Crippen LogP contribution in [-0.2, 0) is 10.0 Å². The van der Waals surface area contributed by atoms with E-state index in [0.29, 0.717) is 11.3 Å². The molecule has 24 heavy (non-hydrogen) atoms. The normalized spacial score (nSPS) is 12.0. The van der Waals surface area contributed by atoms with E-state index in [-0.39, 0.29) is 10.8 Å². The summed E-state index contributed by atoms with van der Waals surface area (Å²) >= 11 is 3.31. The Labute approximate surface area is 150 Å². The maximum absolute atomic E-state index is 12.2. The topological polar surface area (TPSA) is 75.3 Å². The maximum atomic E-state index is 12.2. The zero-order valence-electron chi connectivity index (χ0n) is 13.6. The lowest BCUT2D eigenvalue weighted by molar-refractivity contribution is 0.102. The molecule has 1 amide bonds. The number of sulfonamides is 1. The van der Waals surface area contributed by atoms with E-state index in [0.717, 1.165) is 4.47 Å². The van der Waals surface area contributed by atoms with Crippen molar-refractivity contribution in [3.8, 4) is 0 Å². The Morgan fingerprint density at radius 3 is 2.00 bits per heavy atom. The molecule has 128 valence electrons. The summed E-state index contributed by atoms with van der Waals surface area (Å²) in [5.74, 6) is -0.258. The largest absolute Gasteiger partial charge is 0.322 e. The van der Waals surface area contributed by atoms with Crippen molar-refractivity contribution < 1.29 is 13.2 Å². The molecule has 7 heteroatoms. The highest BCUT2D eigenvalue weighted by Crippen LogP contribution is 2.17. The average molecular weight is 411 g/mol. The number of hydrogen-bond donors (Lipinski definition) is 2. The molecule has 0 unspecified atom stereocenters. The monoisotopic (exact) mass is 410 g/mol. The van der Waals surface area contributed by atoms with Gasteiger partial charge in [-0.3, -0.25) is 4.79 Å². The number of carbonyl (C=O) groups excluding carboxylic acids is 1. The quantitative estimate of drug-likeness (QED) is 0.804. The number of rotatable bonds is 4. The highest BCUT2D eigenvalue weighted by molar-refractivity contribution is 9.10. The van der Waals surface area contributed by atoms with Crippen molar-refractivity contribution in [2.45, 2.75) is 31.2 Å². The molecular weight excluding hydrogens is 392 g/mol. The minimum absolute atomic E-state index is 0.152. The molecule has 0 fully saturated rings. The van der Waals surface area contributed by atoms with Gasteiger partial charge in [-0.15, -0.1) is 0 Å². The van der Waals surface area contributed by atoms with Crippen LogP contribution in [0.25, 0.3) is 0 Å². The van der Waals surface area contributed by atoms with Gasteiger partial charge in [-0.25, -0.2) is 13.1 Å². The Morgan fingerprint density at radius 1 is 0.958 bits per heavy atom. The van der Waals surface area contributed by atoms with E-state index in [9.17, 15) is 13.2 Å². The number of nitrogens with one attached hydrogen (secondary N) is 2. The molecule has 0 atom stereocenters. The van der Waals surface area contributed by atoms with Crippen LogP contribution in [-0.4, -0.2) is 19.9 Å². The molecule has 0 radical (unpaired) electrons. The fourth-order valence-corrected chi connectivity index (χ4v) is 3.67. The van der Waals surface area contributed by atoms with E-state index in [2.05, 4.69) is 26.0 Å². The molecular formula is C17H19BrN2O3S. The highest BCUT2D eigenvalue weighted by atomic mass is 79.9. The standard InChI is InChI=1S/C17H19BrN2O3S/c1-17(2,3)20-24(22,23)15-10-8-14(9-11-15)19-16(21)12-4-6-13(18)7-5-12/h4-11,20H,1-3H3,(H,19,21).